The summed E-state index contributed by atoms with van der Waals surface area (Å²) in [5.74, 6) is 2.97. The number of rotatable bonds is 6. The molecule has 1 heterocycles. The highest BCUT2D eigenvalue weighted by molar-refractivity contribution is 5.59. The van der Waals surface area contributed by atoms with Crippen molar-refractivity contribution in [2.75, 3.05) is 11.9 Å². The smallest absolute Gasteiger partial charge is 0.333 e. The van der Waals surface area contributed by atoms with E-state index >= 15 is 0 Å². The Balaban J connectivity index is 1.73. The van der Waals surface area contributed by atoms with Crippen molar-refractivity contribution >= 4 is 11.5 Å². The summed E-state index contributed by atoms with van der Waals surface area (Å²) in [5, 5.41) is 19.0. The monoisotopic (exact) mass is 292 g/mol. The molecule has 0 spiro atoms. The van der Waals surface area contributed by atoms with Gasteiger partial charge in [0.1, 0.15) is 5.69 Å². The van der Waals surface area contributed by atoms with Gasteiger partial charge < -0.3 is 5.32 Å². The Morgan fingerprint density at radius 3 is 2.81 bits per heavy atom. The molecule has 1 aromatic heterocycles. The molecule has 116 valence electrons. The molecule has 21 heavy (non-hydrogen) atoms. The van der Waals surface area contributed by atoms with Crippen molar-refractivity contribution in [3.8, 4) is 0 Å². The fraction of sp³-hybridized carbons (Fsp3) is 0.800. The van der Waals surface area contributed by atoms with E-state index in [1.54, 1.807) is 11.7 Å². The minimum absolute atomic E-state index is 0.169. The SMILES string of the molecule is CCCc1nn(C)c(NCC2CC3CCC2C3)c1[N+](=O)[O-]. The third-order valence-electron chi connectivity index (χ3n) is 5.18. The molecule has 0 amide bonds. The van der Waals surface area contributed by atoms with Crippen LogP contribution < -0.4 is 5.32 Å². The van der Waals surface area contributed by atoms with E-state index in [1.807, 2.05) is 6.92 Å². The Kier molecular flexibility index (Phi) is 3.87. The van der Waals surface area contributed by atoms with Gasteiger partial charge in [-0.15, -0.1) is 0 Å². The van der Waals surface area contributed by atoms with Crippen molar-refractivity contribution in [3.63, 3.8) is 0 Å². The van der Waals surface area contributed by atoms with E-state index in [4.69, 9.17) is 0 Å². The summed E-state index contributed by atoms with van der Waals surface area (Å²) < 4.78 is 1.64. The summed E-state index contributed by atoms with van der Waals surface area (Å²) >= 11 is 0. The molecule has 6 heteroatoms. The van der Waals surface area contributed by atoms with Gasteiger partial charge in [0.05, 0.1) is 4.92 Å². The molecule has 0 saturated heterocycles. The molecule has 2 aliphatic carbocycles. The lowest BCUT2D eigenvalue weighted by Gasteiger charge is -2.22. The molecule has 3 unspecified atom stereocenters. The van der Waals surface area contributed by atoms with Gasteiger partial charge in [-0.25, -0.2) is 4.68 Å². The van der Waals surface area contributed by atoms with Crippen molar-refractivity contribution in [2.45, 2.75) is 45.4 Å². The van der Waals surface area contributed by atoms with Crippen LogP contribution in [-0.2, 0) is 13.5 Å². The molecule has 0 aliphatic heterocycles. The zero-order valence-corrected chi connectivity index (χ0v) is 12.8. The van der Waals surface area contributed by atoms with Crippen LogP contribution in [0.2, 0.25) is 0 Å². The number of nitrogens with one attached hydrogen (secondary N) is 1. The Morgan fingerprint density at radius 1 is 1.43 bits per heavy atom. The number of hydrogen-bond acceptors (Lipinski definition) is 4. The second-order valence-corrected chi connectivity index (χ2v) is 6.59. The lowest BCUT2D eigenvalue weighted by atomic mass is 9.89. The van der Waals surface area contributed by atoms with Crippen LogP contribution in [-0.4, -0.2) is 21.2 Å². The van der Waals surface area contributed by atoms with Crippen LogP contribution in [0.25, 0.3) is 0 Å². The lowest BCUT2D eigenvalue weighted by Crippen LogP contribution is -2.21. The molecule has 0 aromatic carbocycles. The van der Waals surface area contributed by atoms with Gasteiger partial charge in [0.2, 0.25) is 5.82 Å². The Hall–Kier alpha value is -1.59. The molecular weight excluding hydrogens is 268 g/mol. The van der Waals surface area contributed by atoms with Crippen LogP contribution in [0.5, 0.6) is 0 Å². The highest BCUT2D eigenvalue weighted by atomic mass is 16.6. The molecule has 6 nitrogen and oxygen atoms in total. The maximum atomic E-state index is 11.4. The first-order valence-electron chi connectivity index (χ1n) is 8.04. The van der Waals surface area contributed by atoms with Gasteiger partial charge in [-0.1, -0.05) is 19.8 Å². The number of anilines is 1. The van der Waals surface area contributed by atoms with Crippen molar-refractivity contribution in [1.82, 2.24) is 9.78 Å². The second kappa shape index (κ2) is 5.66. The Morgan fingerprint density at radius 2 is 2.24 bits per heavy atom. The van der Waals surface area contributed by atoms with E-state index in [9.17, 15) is 10.1 Å². The number of fused-ring (bicyclic) bond motifs is 2. The largest absolute Gasteiger partial charge is 0.364 e. The number of nitrogens with zero attached hydrogens (tertiary/aromatic N) is 3. The van der Waals surface area contributed by atoms with E-state index in [-0.39, 0.29) is 10.6 Å². The molecule has 3 atom stereocenters. The molecule has 1 aromatic rings. The highest BCUT2D eigenvalue weighted by Gasteiger charge is 2.39. The van der Waals surface area contributed by atoms with Gasteiger partial charge in [0, 0.05) is 13.6 Å². The fourth-order valence-corrected chi connectivity index (χ4v) is 4.22. The zero-order valence-electron chi connectivity index (χ0n) is 12.8. The average molecular weight is 292 g/mol. The van der Waals surface area contributed by atoms with Gasteiger partial charge in [-0.2, -0.15) is 5.10 Å². The van der Waals surface area contributed by atoms with Gasteiger partial charge >= 0.3 is 5.69 Å². The molecule has 2 fully saturated rings. The maximum Gasteiger partial charge on any atom is 0.333 e. The van der Waals surface area contributed by atoms with Gasteiger partial charge in [-0.05, 0) is 43.4 Å². The van der Waals surface area contributed by atoms with Crippen molar-refractivity contribution in [2.24, 2.45) is 24.8 Å². The second-order valence-electron chi connectivity index (χ2n) is 6.59. The minimum Gasteiger partial charge on any atom is -0.364 e. The van der Waals surface area contributed by atoms with Gasteiger partial charge in [0.15, 0.2) is 0 Å². The Labute approximate surface area is 125 Å². The highest BCUT2D eigenvalue weighted by Crippen LogP contribution is 2.48. The van der Waals surface area contributed by atoms with Crippen molar-refractivity contribution in [3.05, 3.63) is 15.8 Å². The molecule has 1 N–H and O–H groups in total. The van der Waals surface area contributed by atoms with E-state index in [1.165, 1.54) is 25.7 Å². The van der Waals surface area contributed by atoms with Gasteiger partial charge in [0.25, 0.3) is 0 Å². The first-order valence-corrected chi connectivity index (χ1v) is 8.04. The third kappa shape index (κ3) is 2.63. The number of nitro groups is 1. The van der Waals surface area contributed by atoms with E-state index in [0.717, 1.165) is 24.8 Å². The summed E-state index contributed by atoms with van der Waals surface area (Å²) in [4.78, 5) is 11.1. The molecule has 2 saturated carbocycles. The molecular formula is C15H24N4O2. The first-order chi connectivity index (χ1) is 10.1. The van der Waals surface area contributed by atoms with E-state index in [0.29, 0.717) is 23.9 Å². The van der Waals surface area contributed by atoms with Crippen LogP contribution in [0.15, 0.2) is 0 Å². The average Bonchev–Trinajstić information content (AvgIpc) is 3.11. The normalized spacial score (nSPS) is 27.2. The van der Waals surface area contributed by atoms with Crippen molar-refractivity contribution < 1.29 is 4.92 Å². The third-order valence-corrected chi connectivity index (χ3v) is 5.18. The van der Waals surface area contributed by atoms with Crippen LogP contribution in [0, 0.1) is 27.9 Å². The lowest BCUT2D eigenvalue weighted by molar-refractivity contribution is -0.384. The van der Waals surface area contributed by atoms with Crippen LogP contribution in [0.3, 0.4) is 0 Å². The Bertz CT molecular complexity index is 540. The summed E-state index contributed by atoms with van der Waals surface area (Å²) in [6.07, 6.45) is 6.88. The number of aryl methyl sites for hydroxylation is 2. The minimum atomic E-state index is -0.291. The standard InChI is InChI=1S/C15H24N4O2/c1-3-4-13-14(19(20)21)15(18(2)17-13)16-9-12-8-10-5-6-11(12)7-10/h10-12,16H,3-9H2,1-2H3. The van der Waals surface area contributed by atoms with E-state index < -0.39 is 0 Å². The summed E-state index contributed by atoms with van der Waals surface area (Å²) in [6, 6.07) is 0. The topological polar surface area (TPSA) is 73.0 Å². The molecule has 2 bridgehead atoms. The quantitative estimate of drug-likeness (QED) is 0.646. The molecule has 2 aliphatic rings. The summed E-state index contributed by atoms with van der Waals surface area (Å²) in [5.41, 5.74) is 0.767. The summed E-state index contributed by atoms with van der Waals surface area (Å²) in [6.45, 7) is 2.86. The van der Waals surface area contributed by atoms with Crippen LogP contribution >= 0.6 is 0 Å². The van der Waals surface area contributed by atoms with E-state index in [2.05, 4.69) is 10.4 Å². The van der Waals surface area contributed by atoms with Crippen LogP contribution in [0.4, 0.5) is 11.5 Å². The fourth-order valence-electron chi connectivity index (χ4n) is 4.22. The zero-order chi connectivity index (χ0) is 15.0. The predicted octanol–water partition coefficient (Wildman–Crippen LogP) is 3.13. The van der Waals surface area contributed by atoms with Crippen LogP contribution in [0.1, 0.15) is 44.7 Å². The predicted molar refractivity (Wildman–Crippen MR) is 81.3 cm³/mol. The maximum absolute atomic E-state index is 11.4. The first kappa shape index (κ1) is 14.4. The number of hydrogen-bond donors (Lipinski definition) is 1. The molecule has 3 rings (SSSR count). The summed E-state index contributed by atoms with van der Waals surface area (Å²) in [7, 11) is 1.79. The molecule has 0 radical (unpaired) electrons. The number of aromatic nitrogens is 2. The van der Waals surface area contributed by atoms with Gasteiger partial charge in [-0.3, -0.25) is 10.1 Å². The van der Waals surface area contributed by atoms with Crippen molar-refractivity contribution in [1.29, 1.82) is 0 Å².